The Morgan fingerprint density at radius 2 is 2.21 bits per heavy atom. The molecule has 2 rings (SSSR count). The second-order valence-electron chi connectivity index (χ2n) is 3.72. The molecule has 0 aliphatic carbocycles. The zero-order valence-corrected chi connectivity index (χ0v) is 10.5. The van der Waals surface area contributed by atoms with Gasteiger partial charge in [-0.05, 0) is 13.0 Å². The van der Waals surface area contributed by atoms with E-state index in [0.29, 0.717) is 5.56 Å². The number of aromatic nitrogens is 1. The molecule has 0 saturated heterocycles. The van der Waals surface area contributed by atoms with Crippen LogP contribution in [0.3, 0.4) is 0 Å². The number of nitrogens with zero attached hydrogens (tertiary/aromatic N) is 2. The van der Waals surface area contributed by atoms with Gasteiger partial charge in [-0.25, -0.2) is 9.37 Å². The van der Waals surface area contributed by atoms with E-state index in [1.165, 1.54) is 18.3 Å². The Balaban J connectivity index is 2.49. The van der Waals surface area contributed by atoms with E-state index in [0.717, 1.165) is 12.1 Å². The number of rotatable bonds is 3. The van der Waals surface area contributed by atoms with E-state index >= 15 is 0 Å². The Kier molecular flexibility index (Phi) is 3.62. The predicted octanol–water partition coefficient (Wildman–Crippen LogP) is 3.88. The Morgan fingerprint density at radius 3 is 2.89 bits per heavy atom. The third-order valence-electron chi connectivity index (χ3n) is 2.38. The number of para-hydroxylation sites is 1. The van der Waals surface area contributed by atoms with Gasteiger partial charge in [-0.1, -0.05) is 17.7 Å². The van der Waals surface area contributed by atoms with Gasteiger partial charge in [-0.2, -0.15) is 0 Å². The standard InChI is InChI=1S/C12H8ClFN2O3/c1-7-6-15-11(13)5-10(7)19-12-8(14)3-2-4-9(12)16(17)18/h2-6H,1H3. The number of pyridine rings is 1. The molecule has 98 valence electrons. The van der Waals surface area contributed by atoms with Crippen LogP contribution >= 0.6 is 11.6 Å². The molecule has 0 N–H and O–H groups in total. The molecule has 19 heavy (non-hydrogen) atoms. The van der Waals surface area contributed by atoms with Crippen LogP contribution in [0.4, 0.5) is 10.1 Å². The van der Waals surface area contributed by atoms with Crippen molar-refractivity contribution < 1.29 is 14.1 Å². The van der Waals surface area contributed by atoms with Gasteiger partial charge < -0.3 is 4.74 Å². The summed E-state index contributed by atoms with van der Waals surface area (Å²) in [6.45, 7) is 1.67. The second-order valence-corrected chi connectivity index (χ2v) is 4.11. The molecular formula is C12H8ClFN2O3. The van der Waals surface area contributed by atoms with Crippen LogP contribution in [0.1, 0.15) is 5.56 Å². The molecular weight excluding hydrogens is 275 g/mol. The van der Waals surface area contributed by atoms with Gasteiger partial charge in [-0.15, -0.1) is 0 Å². The molecule has 0 fully saturated rings. The summed E-state index contributed by atoms with van der Waals surface area (Å²) in [6, 6.07) is 4.86. The Hall–Kier alpha value is -2.21. The van der Waals surface area contributed by atoms with E-state index in [-0.39, 0.29) is 10.9 Å². The molecule has 1 aromatic carbocycles. The van der Waals surface area contributed by atoms with Crippen molar-refractivity contribution in [2.45, 2.75) is 6.92 Å². The third kappa shape index (κ3) is 2.79. The van der Waals surface area contributed by atoms with Crippen LogP contribution in [0.15, 0.2) is 30.5 Å². The lowest BCUT2D eigenvalue weighted by Gasteiger charge is -2.09. The van der Waals surface area contributed by atoms with Crippen LogP contribution in [0.2, 0.25) is 5.15 Å². The summed E-state index contributed by atoms with van der Waals surface area (Å²) < 4.78 is 18.9. The van der Waals surface area contributed by atoms with Crippen LogP contribution in [-0.4, -0.2) is 9.91 Å². The number of ether oxygens (including phenoxy) is 1. The third-order valence-corrected chi connectivity index (χ3v) is 2.58. The molecule has 0 saturated carbocycles. The molecule has 5 nitrogen and oxygen atoms in total. The number of hydrogen-bond acceptors (Lipinski definition) is 4. The van der Waals surface area contributed by atoms with Gasteiger partial charge in [0.05, 0.1) is 4.92 Å². The number of hydrogen-bond donors (Lipinski definition) is 0. The maximum absolute atomic E-state index is 13.7. The van der Waals surface area contributed by atoms with Crippen LogP contribution in [-0.2, 0) is 0 Å². The summed E-state index contributed by atoms with van der Waals surface area (Å²) >= 11 is 5.71. The summed E-state index contributed by atoms with van der Waals surface area (Å²) in [5.41, 5.74) is 0.134. The number of aryl methyl sites for hydroxylation is 1. The lowest BCUT2D eigenvalue weighted by molar-refractivity contribution is -0.385. The van der Waals surface area contributed by atoms with Crippen molar-refractivity contribution in [3.8, 4) is 11.5 Å². The lowest BCUT2D eigenvalue weighted by Crippen LogP contribution is -1.97. The molecule has 7 heteroatoms. The highest BCUT2D eigenvalue weighted by Crippen LogP contribution is 2.35. The smallest absolute Gasteiger partial charge is 0.314 e. The van der Waals surface area contributed by atoms with Crippen LogP contribution in [0, 0.1) is 22.9 Å². The maximum Gasteiger partial charge on any atom is 0.314 e. The van der Waals surface area contributed by atoms with Crippen molar-refractivity contribution in [3.63, 3.8) is 0 Å². The largest absolute Gasteiger partial charge is 0.447 e. The van der Waals surface area contributed by atoms with Crippen molar-refractivity contribution in [1.29, 1.82) is 0 Å². The first-order valence-electron chi connectivity index (χ1n) is 5.22. The summed E-state index contributed by atoms with van der Waals surface area (Å²) in [5.74, 6) is -1.05. The fourth-order valence-electron chi connectivity index (χ4n) is 1.44. The molecule has 0 aliphatic rings. The fourth-order valence-corrected chi connectivity index (χ4v) is 1.59. The van der Waals surface area contributed by atoms with E-state index < -0.39 is 22.2 Å². The minimum atomic E-state index is -0.818. The van der Waals surface area contributed by atoms with E-state index in [9.17, 15) is 14.5 Å². The molecule has 0 unspecified atom stereocenters. The molecule has 0 radical (unpaired) electrons. The van der Waals surface area contributed by atoms with Crippen molar-refractivity contribution in [3.05, 3.63) is 57.1 Å². The minimum Gasteiger partial charge on any atom is -0.447 e. The van der Waals surface area contributed by atoms with Crippen molar-refractivity contribution in [2.24, 2.45) is 0 Å². The van der Waals surface area contributed by atoms with E-state index in [2.05, 4.69) is 4.98 Å². The minimum absolute atomic E-state index is 0.152. The number of benzene rings is 1. The first-order valence-corrected chi connectivity index (χ1v) is 5.59. The lowest BCUT2D eigenvalue weighted by atomic mass is 10.2. The van der Waals surface area contributed by atoms with Crippen molar-refractivity contribution >= 4 is 17.3 Å². The van der Waals surface area contributed by atoms with Gasteiger partial charge in [0.1, 0.15) is 10.9 Å². The Bertz CT molecular complexity index is 649. The monoisotopic (exact) mass is 282 g/mol. The number of halogens is 2. The van der Waals surface area contributed by atoms with Gasteiger partial charge in [0.25, 0.3) is 0 Å². The maximum atomic E-state index is 13.7. The molecule has 0 bridgehead atoms. The summed E-state index contributed by atoms with van der Waals surface area (Å²) in [7, 11) is 0. The Labute approximate surface area is 112 Å². The van der Waals surface area contributed by atoms with Gasteiger partial charge in [0, 0.05) is 23.9 Å². The first kappa shape index (κ1) is 13.2. The molecule has 1 heterocycles. The summed E-state index contributed by atoms with van der Waals surface area (Å²) in [5, 5.41) is 11.0. The zero-order valence-electron chi connectivity index (χ0n) is 9.76. The molecule has 2 aromatic rings. The van der Waals surface area contributed by atoms with Crippen molar-refractivity contribution in [1.82, 2.24) is 4.98 Å². The first-order chi connectivity index (χ1) is 8.99. The molecule has 0 spiro atoms. The fraction of sp³-hybridized carbons (Fsp3) is 0.0833. The van der Waals surface area contributed by atoms with E-state index in [1.54, 1.807) is 6.92 Å². The highest BCUT2D eigenvalue weighted by atomic mass is 35.5. The van der Waals surface area contributed by atoms with Gasteiger partial charge in [0.15, 0.2) is 5.82 Å². The number of nitro groups is 1. The number of nitro benzene ring substituents is 1. The quantitative estimate of drug-likeness (QED) is 0.487. The van der Waals surface area contributed by atoms with Gasteiger partial charge in [-0.3, -0.25) is 10.1 Å². The molecule has 1 aromatic heterocycles. The summed E-state index contributed by atoms with van der Waals surface area (Å²) in [4.78, 5) is 13.9. The van der Waals surface area contributed by atoms with Crippen LogP contribution in [0.25, 0.3) is 0 Å². The normalized spacial score (nSPS) is 10.3. The second kappa shape index (κ2) is 5.19. The average molecular weight is 283 g/mol. The predicted molar refractivity (Wildman–Crippen MR) is 67.1 cm³/mol. The zero-order chi connectivity index (χ0) is 14.0. The van der Waals surface area contributed by atoms with E-state index in [1.807, 2.05) is 0 Å². The average Bonchev–Trinajstić information content (AvgIpc) is 2.35. The van der Waals surface area contributed by atoms with Crippen molar-refractivity contribution in [2.75, 3.05) is 0 Å². The highest BCUT2D eigenvalue weighted by Gasteiger charge is 2.20. The molecule has 0 atom stereocenters. The van der Waals surface area contributed by atoms with Gasteiger partial charge in [0.2, 0.25) is 5.75 Å². The molecule has 0 aliphatic heterocycles. The summed E-state index contributed by atoms with van der Waals surface area (Å²) in [6.07, 6.45) is 1.43. The highest BCUT2D eigenvalue weighted by molar-refractivity contribution is 6.29. The van der Waals surface area contributed by atoms with Gasteiger partial charge >= 0.3 is 5.69 Å². The Morgan fingerprint density at radius 1 is 1.47 bits per heavy atom. The van der Waals surface area contributed by atoms with Crippen LogP contribution < -0.4 is 4.74 Å². The van der Waals surface area contributed by atoms with E-state index in [4.69, 9.17) is 16.3 Å². The van der Waals surface area contributed by atoms with Crippen LogP contribution in [0.5, 0.6) is 11.5 Å². The SMILES string of the molecule is Cc1cnc(Cl)cc1Oc1c(F)cccc1[N+](=O)[O-]. The molecule has 0 amide bonds. The topological polar surface area (TPSA) is 65.3 Å².